The predicted octanol–water partition coefficient (Wildman–Crippen LogP) is 2.69. The van der Waals surface area contributed by atoms with Crippen LogP contribution in [0, 0.1) is 0 Å². The van der Waals surface area contributed by atoms with E-state index in [1.54, 1.807) is 6.92 Å². The summed E-state index contributed by atoms with van der Waals surface area (Å²) in [5, 5.41) is 9.22. The summed E-state index contributed by atoms with van der Waals surface area (Å²) in [6, 6.07) is 3.99. The number of ether oxygens (including phenoxy) is 2. The molecule has 0 fully saturated rings. The molecule has 1 rings (SSSR count). The van der Waals surface area contributed by atoms with Gasteiger partial charge < -0.3 is 14.6 Å². The molecule has 0 aliphatic rings. The van der Waals surface area contributed by atoms with E-state index in [2.05, 4.69) is 0 Å². The number of hydrogen-bond donors (Lipinski definition) is 1. The second-order valence-corrected chi connectivity index (χ2v) is 3.26. The van der Waals surface area contributed by atoms with E-state index in [4.69, 9.17) is 9.47 Å². The van der Waals surface area contributed by atoms with Crippen molar-refractivity contribution in [3.8, 4) is 11.5 Å². The fraction of sp³-hybridized carbons (Fsp3) is 0.455. The van der Waals surface area contributed by atoms with E-state index in [1.807, 2.05) is 0 Å². The first-order valence-corrected chi connectivity index (χ1v) is 4.96. The molecule has 96 valence electrons. The zero-order chi connectivity index (χ0) is 13.1. The molecular weight excluding hydrogens is 237 g/mol. The predicted molar refractivity (Wildman–Crippen MR) is 55.2 cm³/mol. The monoisotopic (exact) mass is 250 g/mol. The summed E-state index contributed by atoms with van der Waals surface area (Å²) < 4.78 is 47.3. The second kappa shape index (κ2) is 5.27. The molecule has 1 N–H and O–H groups in total. The van der Waals surface area contributed by atoms with Crippen LogP contribution in [0.25, 0.3) is 0 Å². The molecule has 0 saturated heterocycles. The van der Waals surface area contributed by atoms with Gasteiger partial charge in [-0.05, 0) is 13.0 Å². The molecule has 0 aliphatic heterocycles. The van der Waals surface area contributed by atoms with Crippen molar-refractivity contribution in [3.05, 3.63) is 23.8 Å². The van der Waals surface area contributed by atoms with Crippen molar-refractivity contribution in [1.82, 2.24) is 0 Å². The molecule has 0 spiro atoms. The maximum absolute atomic E-state index is 12.4. The van der Waals surface area contributed by atoms with Crippen molar-refractivity contribution in [2.75, 3.05) is 13.7 Å². The van der Waals surface area contributed by atoms with E-state index in [1.165, 1.54) is 19.2 Å². The molecule has 0 aliphatic carbocycles. The van der Waals surface area contributed by atoms with Gasteiger partial charge in [0.1, 0.15) is 0 Å². The Labute approximate surface area is 96.8 Å². The normalized spacial score (nSPS) is 13.3. The van der Waals surface area contributed by atoms with Crippen LogP contribution >= 0.6 is 0 Å². The fourth-order valence-corrected chi connectivity index (χ4v) is 1.38. The number of benzene rings is 1. The van der Waals surface area contributed by atoms with Gasteiger partial charge in [-0.2, -0.15) is 13.2 Å². The van der Waals surface area contributed by atoms with Crippen molar-refractivity contribution in [2.24, 2.45) is 0 Å². The number of halogens is 3. The van der Waals surface area contributed by atoms with Crippen molar-refractivity contribution in [2.45, 2.75) is 19.2 Å². The lowest BCUT2D eigenvalue weighted by atomic mass is 10.1. The number of rotatable bonds is 4. The number of hydrogen-bond acceptors (Lipinski definition) is 3. The SMILES string of the molecule is CCOc1c(OC)cccc1C(O)C(F)(F)F. The van der Waals surface area contributed by atoms with Crippen molar-refractivity contribution < 1.29 is 27.8 Å². The molecule has 3 nitrogen and oxygen atoms in total. The third kappa shape index (κ3) is 3.03. The zero-order valence-corrected chi connectivity index (χ0v) is 9.41. The molecular formula is C11H13F3O3. The Morgan fingerprint density at radius 2 is 2.00 bits per heavy atom. The number of aliphatic hydroxyl groups is 1. The molecule has 1 unspecified atom stereocenters. The molecule has 0 radical (unpaired) electrons. The van der Waals surface area contributed by atoms with Crippen LogP contribution in [-0.2, 0) is 0 Å². The first-order valence-electron chi connectivity index (χ1n) is 4.96. The van der Waals surface area contributed by atoms with Gasteiger partial charge in [0.05, 0.1) is 13.7 Å². The van der Waals surface area contributed by atoms with Crippen molar-refractivity contribution in [3.63, 3.8) is 0 Å². The Morgan fingerprint density at radius 1 is 1.35 bits per heavy atom. The number of aliphatic hydroxyl groups excluding tert-OH is 1. The summed E-state index contributed by atoms with van der Waals surface area (Å²) in [5.74, 6) is 0.0787. The minimum absolute atomic E-state index is 0.0812. The summed E-state index contributed by atoms with van der Waals surface area (Å²) in [7, 11) is 1.32. The van der Waals surface area contributed by atoms with Gasteiger partial charge in [0.25, 0.3) is 0 Å². The molecule has 0 heterocycles. The summed E-state index contributed by atoms with van der Waals surface area (Å²) in [6.45, 7) is 1.81. The van der Waals surface area contributed by atoms with E-state index < -0.39 is 12.3 Å². The molecule has 6 heteroatoms. The van der Waals surface area contributed by atoms with E-state index in [0.717, 1.165) is 6.07 Å². The number of methoxy groups -OCH3 is 1. The third-order valence-electron chi connectivity index (χ3n) is 2.12. The Balaban J connectivity index is 3.22. The summed E-state index contributed by atoms with van der Waals surface area (Å²) in [6.07, 6.45) is -7.32. The quantitative estimate of drug-likeness (QED) is 0.892. The molecule has 0 saturated carbocycles. The van der Waals surface area contributed by atoms with Crippen LogP contribution in [0.5, 0.6) is 11.5 Å². The highest BCUT2D eigenvalue weighted by molar-refractivity contribution is 5.48. The molecule has 1 atom stereocenters. The Hall–Kier alpha value is -1.43. The third-order valence-corrected chi connectivity index (χ3v) is 2.12. The smallest absolute Gasteiger partial charge is 0.418 e. The second-order valence-electron chi connectivity index (χ2n) is 3.26. The van der Waals surface area contributed by atoms with Gasteiger partial charge >= 0.3 is 6.18 Å². The zero-order valence-electron chi connectivity index (χ0n) is 9.41. The van der Waals surface area contributed by atoms with Gasteiger partial charge in [-0.25, -0.2) is 0 Å². The number of alkyl halides is 3. The van der Waals surface area contributed by atoms with Gasteiger partial charge in [-0.15, -0.1) is 0 Å². The minimum atomic E-state index is -4.74. The van der Waals surface area contributed by atoms with Crippen LogP contribution < -0.4 is 9.47 Å². The van der Waals surface area contributed by atoms with Crippen LogP contribution in [0.1, 0.15) is 18.6 Å². The Morgan fingerprint density at radius 3 is 2.47 bits per heavy atom. The molecule has 0 amide bonds. The van der Waals surface area contributed by atoms with E-state index in [9.17, 15) is 18.3 Å². The lowest BCUT2D eigenvalue weighted by molar-refractivity contribution is -0.207. The topological polar surface area (TPSA) is 38.7 Å². The molecule has 17 heavy (non-hydrogen) atoms. The van der Waals surface area contributed by atoms with Gasteiger partial charge in [-0.1, -0.05) is 12.1 Å². The average molecular weight is 250 g/mol. The van der Waals surface area contributed by atoms with Crippen LogP contribution in [0.15, 0.2) is 18.2 Å². The highest BCUT2D eigenvalue weighted by Crippen LogP contribution is 2.41. The maximum atomic E-state index is 12.4. The molecule has 0 aromatic heterocycles. The summed E-state index contributed by atoms with van der Waals surface area (Å²) >= 11 is 0. The van der Waals surface area contributed by atoms with Crippen molar-refractivity contribution >= 4 is 0 Å². The van der Waals surface area contributed by atoms with E-state index in [-0.39, 0.29) is 23.7 Å². The van der Waals surface area contributed by atoms with E-state index >= 15 is 0 Å². The molecule has 0 bridgehead atoms. The highest BCUT2D eigenvalue weighted by atomic mass is 19.4. The van der Waals surface area contributed by atoms with Crippen LogP contribution in [-0.4, -0.2) is 25.0 Å². The maximum Gasteiger partial charge on any atom is 0.418 e. The minimum Gasteiger partial charge on any atom is -0.493 e. The first kappa shape index (κ1) is 13.6. The highest BCUT2D eigenvalue weighted by Gasteiger charge is 2.41. The summed E-state index contributed by atoms with van der Waals surface area (Å²) in [4.78, 5) is 0. The van der Waals surface area contributed by atoms with E-state index in [0.29, 0.717) is 0 Å². The van der Waals surface area contributed by atoms with Crippen LogP contribution in [0.2, 0.25) is 0 Å². The standard InChI is InChI=1S/C11H13F3O3/c1-3-17-9-7(10(15)11(12,13)14)5-4-6-8(9)16-2/h4-6,10,15H,3H2,1-2H3. The summed E-state index contributed by atoms with van der Waals surface area (Å²) in [5.41, 5.74) is -0.348. The number of para-hydroxylation sites is 1. The van der Waals surface area contributed by atoms with Crippen LogP contribution in [0.4, 0.5) is 13.2 Å². The van der Waals surface area contributed by atoms with Gasteiger partial charge in [0.15, 0.2) is 17.6 Å². The average Bonchev–Trinajstić information content (AvgIpc) is 2.27. The van der Waals surface area contributed by atoms with Gasteiger partial charge in [-0.3, -0.25) is 0 Å². The largest absolute Gasteiger partial charge is 0.493 e. The lowest BCUT2D eigenvalue weighted by Crippen LogP contribution is -2.21. The molecule has 1 aromatic carbocycles. The van der Waals surface area contributed by atoms with Gasteiger partial charge in [0.2, 0.25) is 0 Å². The molecule has 1 aromatic rings. The lowest BCUT2D eigenvalue weighted by Gasteiger charge is -2.19. The van der Waals surface area contributed by atoms with Crippen molar-refractivity contribution in [1.29, 1.82) is 0 Å². The fourth-order valence-electron chi connectivity index (χ4n) is 1.38. The Bertz CT molecular complexity index is 377. The first-order chi connectivity index (χ1) is 7.91. The van der Waals surface area contributed by atoms with Crippen LogP contribution in [0.3, 0.4) is 0 Å². The van der Waals surface area contributed by atoms with Gasteiger partial charge in [0, 0.05) is 5.56 Å². The Kier molecular flexibility index (Phi) is 4.22.